The molecule has 0 spiro atoms. The van der Waals surface area contributed by atoms with E-state index in [9.17, 15) is 21.6 Å². The first kappa shape index (κ1) is 28.1. The Hall–Kier alpha value is -2.92. The molecule has 8 nitrogen and oxygen atoms in total. The molecule has 1 amide bonds. The summed E-state index contributed by atoms with van der Waals surface area (Å²) < 4.78 is 55.1. The molecule has 3 aromatic rings. The highest BCUT2D eigenvalue weighted by molar-refractivity contribution is 7.92. The van der Waals surface area contributed by atoms with E-state index in [1.807, 2.05) is 38.1 Å². The van der Waals surface area contributed by atoms with E-state index in [0.29, 0.717) is 29.2 Å². The summed E-state index contributed by atoms with van der Waals surface area (Å²) in [6, 6.07) is 18.2. The first-order valence-corrected chi connectivity index (χ1v) is 15.6. The molecular formula is C27H30ClN3O5S2. The molecule has 1 aliphatic rings. The van der Waals surface area contributed by atoms with Gasteiger partial charge in [0.15, 0.2) is 0 Å². The third-order valence-electron chi connectivity index (χ3n) is 6.54. The number of nitrogens with zero attached hydrogens (tertiary/aromatic N) is 1. The van der Waals surface area contributed by atoms with Crippen molar-refractivity contribution in [2.45, 2.75) is 37.3 Å². The Labute approximate surface area is 229 Å². The third kappa shape index (κ3) is 6.93. The highest BCUT2D eigenvalue weighted by Crippen LogP contribution is 2.25. The summed E-state index contributed by atoms with van der Waals surface area (Å²) in [6.07, 6.45) is 0.822. The lowest BCUT2D eigenvalue weighted by Crippen LogP contribution is -2.41. The van der Waals surface area contributed by atoms with Crippen LogP contribution in [0, 0.1) is 19.8 Å². The van der Waals surface area contributed by atoms with Crippen LogP contribution in [0.25, 0.3) is 0 Å². The number of hydrogen-bond acceptors (Lipinski definition) is 5. The number of piperidine rings is 1. The summed E-state index contributed by atoms with van der Waals surface area (Å²) in [5.74, 6) is -0.619. The lowest BCUT2D eigenvalue weighted by Gasteiger charge is -2.30. The number of rotatable bonds is 8. The molecule has 0 saturated carbocycles. The van der Waals surface area contributed by atoms with Crippen LogP contribution in [0.15, 0.2) is 71.6 Å². The largest absolute Gasteiger partial charge is 0.326 e. The normalized spacial score (nSPS) is 15.2. The smallest absolute Gasteiger partial charge is 0.261 e. The standard InChI is InChI=1S/C27H30ClN3O5S2/c1-19-3-6-21(7-4-19)18-37(33,34)31-15-13-22(14-16-31)27(32)29-23-9-11-25(12-10-23)38(35,36)30-24-8-5-20(2)26(28)17-24/h3-12,17,22,30H,13-16,18H2,1-2H3,(H,29,32). The number of benzene rings is 3. The second-order valence-electron chi connectivity index (χ2n) is 9.50. The fourth-order valence-electron chi connectivity index (χ4n) is 4.21. The molecule has 1 heterocycles. The number of carbonyl (C=O) groups excluding carboxylic acids is 1. The molecule has 11 heteroatoms. The van der Waals surface area contributed by atoms with Crippen molar-refractivity contribution in [2.75, 3.05) is 23.1 Å². The molecule has 38 heavy (non-hydrogen) atoms. The maximum Gasteiger partial charge on any atom is 0.261 e. The van der Waals surface area contributed by atoms with Crippen LogP contribution in [0.3, 0.4) is 0 Å². The average Bonchev–Trinajstić information content (AvgIpc) is 2.88. The van der Waals surface area contributed by atoms with Gasteiger partial charge in [-0.05, 0) is 74.2 Å². The summed E-state index contributed by atoms with van der Waals surface area (Å²) >= 11 is 6.08. The molecule has 1 aliphatic heterocycles. The van der Waals surface area contributed by atoms with Crippen molar-refractivity contribution in [3.8, 4) is 0 Å². The molecule has 0 unspecified atom stereocenters. The minimum absolute atomic E-state index is 0.0410. The number of anilines is 2. The summed E-state index contributed by atoms with van der Waals surface area (Å²) in [6.45, 7) is 4.33. The molecule has 0 aliphatic carbocycles. The zero-order valence-electron chi connectivity index (χ0n) is 21.1. The second-order valence-corrected chi connectivity index (χ2v) is 13.6. The van der Waals surface area contributed by atoms with Crippen LogP contribution in [0.5, 0.6) is 0 Å². The van der Waals surface area contributed by atoms with Crippen LogP contribution in [-0.4, -0.2) is 40.1 Å². The second kappa shape index (κ2) is 11.4. The van der Waals surface area contributed by atoms with Crippen LogP contribution >= 0.6 is 11.6 Å². The SMILES string of the molecule is Cc1ccc(CS(=O)(=O)N2CCC(C(=O)Nc3ccc(S(=O)(=O)Nc4ccc(C)c(Cl)c4)cc3)CC2)cc1. The number of sulfonamides is 2. The Morgan fingerprint density at radius 2 is 1.50 bits per heavy atom. The average molecular weight is 576 g/mol. The van der Waals surface area contributed by atoms with E-state index in [1.54, 1.807) is 18.2 Å². The van der Waals surface area contributed by atoms with Crippen molar-refractivity contribution in [2.24, 2.45) is 5.92 Å². The van der Waals surface area contributed by atoms with Gasteiger partial charge in [-0.15, -0.1) is 0 Å². The summed E-state index contributed by atoms with van der Waals surface area (Å²) in [5.41, 5.74) is 3.45. The van der Waals surface area contributed by atoms with Gasteiger partial charge in [0.05, 0.1) is 16.3 Å². The van der Waals surface area contributed by atoms with Crippen molar-refractivity contribution in [1.29, 1.82) is 0 Å². The fourth-order valence-corrected chi connectivity index (χ4v) is 7.01. The van der Waals surface area contributed by atoms with Gasteiger partial charge in [-0.2, -0.15) is 0 Å². The van der Waals surface area contributed by atoms with Gasteiger partial charge in [0, 0.05) is 29.7 Å². The Balaban J connectivity index is 1.31. The van der Waals surface area contributed by atoms with Crippen LogP contribution in [0.2, 0.25) is 5.02 Å². The molecule has 0 bridgehead atoms. The highest BCUT2D eigenvalue weighted by Gasteiger charge is 2.31. The van der Waals surface area contributed by atoms with Gasteiger partial charge in [0.2, 0.25) is 15.9 Å². The zero-order valence-corrected chi connectivity index (χ0v) is 23.5. The minimum atomic E-state index is -3.84. The molecular weight excluding hydrogens is 546 g/mol. The van der Waals surface area contributed by atoms with Gasteiger partial charge >= 0.3 is 0 Å². The first-order chi connectivity index (χ1) is 17.9. The maximum atomic E-state index is 12.8. The van der Waals surface area contributed by atoms with E-state index in [4.69, 9.17) is 11.6 Å². The quantitative estimate of drug-likeness (QED) is 0.395. The lowest BCUT2D eigenvalue weighted by atomic mass is 9.97. The van der Waals surface area contributed by atoms with Gasteiger partial charge in [0.1, 0.15) is 0 Å². The van der Waals surface area contributed by atoms with E-state index in [0.717, 1.165) is 16.7 Å². The molecule has 3 aromatic carbocycles. The van der Waals surface area contributed by atoms with E-state index >= 15 is 0 Å². The lowest BCUT2D eigenvalue weighted by molar-refractivity contribution is -0.120. The predicted molar refractivity (Wildman–Crippen MR) is 150 cm³/mol. The molecule has 1 fully saturated rings. The van der Waals surface area contributed by atoms with Crippen molar-refractivity contribution in [3.63, 3.8) is 0 Å². The van der Waals surface area contributed by atoms with Crippen molar-refractivity contribution < 1.29 is 21.6 Å². The number of aryl methyl sites for hydroxylation is 2. The molecule has 2 N–H and O–H groups in total. The molecule has 1 saturated heterocycles. The van der Waals surface area contributed by atoms with Crippen LogP contribution < -0.4 is 10.0 Å². The highest BCUT2D eigenvalue weighted by atomic mass is 35.5. The Morgan fingerprint density at radius 3 is 2.11 bits per heavy atom. The number of amides is 1. The van der Waals surface area contributed by atoms with E-state index in [1.165, 1.54) is 28.6 Å². The van der Waals surface area contributed by atoms with Gasteiger partial charge in [-0.1, -0.05) is 47.5 Å². The topological polar surface area (TPSA) is 113 Å². The summed E-state index contributed by atoms with van der Waals surface area (Å²) in [5, 5.41) is 3.27. The maximum absolute atomic E-state index is 12.8. The number of nitrogens with one attached hydrogen (secondary N) is 2. The van der Waals surface area contributed by atoms with Crippen LogP contribution in [0.1, 0.15) is 29.5 Å². The van der Waals surface area contributed by atoms with Crippen LogP contribution in [-0.2, 0) is 30.6 Å². The molecule has 0 aromatic heterocycles. The zero-order chi connectivity index (χ0) is 27.5. The van der Waals surface area contributed by atoms with Crippen LogP contribution in [0.4, 0.5) is 11.4 Å². The van der Waals surface area contributed by atoms with Gasteiger partial charge < -0.3 is 5.32 Å². The number of halogens is 1. The van der Waals surface area contributed by atoms with Crippen molar-refractivity contribution >= 4 is 48.9 Å². The minimum Gasteiger partial charge on any atom is -0.326 e. The summed E-state index contributed by atoms with van der Waals surface area (Å²) in [7, 11) is -7.31. The summed E-state index contributed by atoms with van der Waals surface area (Å²) in [4.78, 5) is 12.8. The van der Waals surface area contributed by atoms with E-state index < -0.39 is 20.0 Å². The van der Waals surface area contributed by atoms with Gasteiger partial charge in [0.25, 0.3) is 10.0 Å². The third-order valence-corrected chi connectivity index (χ3v) is 10.2. The molecule has 4 rings (SSSR count). The molecule has 202 valence electrons. The van der Waals surface area contributed by atoms with E-state index in [-0.39, 0.29) is 35.6 Å². The number of carbonyl (C=O) groups is 1. The Morgan fingerprint density at radius 1 is 0.895 bits per heavy atom. The number of hydrogen-bond donors (Lipinski definition) is 2. The first-order valence-electron chi connectivity index (χ1n) is 12.2. The van der Waals surface area contributed by atoms with Crippen molar-refractivity contribution in [1.82, 2.24) is 4.31 Å². The Kier molecular flexibility index (Phi) is 8.46. The predicted octanol–water partition coefficient (Wildman–Crippen LogP) is 4.94. The van der Waals surface area contributed by atoms with E-state index in [2.05, 4.69) is 10.0 Å². The van der Waals surface area contributed by atoms with Gasteiger partial charge in [-0.3, -0.25) is 9.52 Å². The monoisotopic (exact) mass is 575 g/mol. The van der Waals surface area contributed by atoms with Crippen molar-refractivity contribution in [3.05, 3.63) is 88.4 Å². The Bertz CT molecular complexity index is 1520. The molecule has 0 radical (unpaired) electrons. The fraction of sp³-hybridized carbons (Fsp3) is 0.296. The molecule has 0 atom stereocenters. The van der Waals surface area contributed by atoms with Gasteiger partial charge in [-0.25, -0.2) is 21.1 Å².